The second-order valence-electron chi connectivity index (χ2n) is 11.6. The number of nitriles is 1. The number of anilines is 1. The van der Waals surface area contributed by atoms with E-state index in [-0.39, 0.29) is 11.3 Å². The number of nitrogens with zero attached hydrogens (tertiary/aromatic N) is 7. The van der Waals surface area contributed by atoms with Gasteiger partial charge in [-0.15, -0.1) is 0 Å². The van der Waals surface area contributed by atoms with Crippen molar-refractivity contribution in [2.45, 2.75) is 55.9 Å². The van der Waals surface area contributed by atoms with Crippen LogP contribution >= 0.6 is 11.8 Å². The van der Waals surface area contributed by atoms with Crippen LogP contribution in [0.2, 0.25) is 0 Å². The number of aromatic nitrogens is 3. The Bertz CT molecular complexity index is 1640. The molecule has 2 bridgehead atoms. The van der Waals surface area contributed by atoms with Crippen LogP contribution in [0.3, 0.4) is 0 Å². The molecular weight excluding hydrogens is 590 g/mol. The van der Waals surface area contributed by atoms with Crippen LogP contribution in [0.5, 0.6) is 11.5 Å². The zero-order valence-corrected chi connectivity index (χ0v) is 26.6. The summed E-state index contributed by atoms with van der Waals surface area (Å²) in [5.74, 6) is 0.814. The van der Waals surface area contributed by atoms with E-state index in [1.54, 1.807) is 36.5 Å². The van der Waals surface area contributed by atoms with E-state index in [1.165, 1.54) is 18.1 Å². The Balaban J connectivity index is 1.11. The molecule has 2 aromatic carbocycles. The Labute approximate surface area is 267 Å². The Morgan fingerprint density at radius 1 is 1.22 bits per heavy atom. The van der Waals surface area contributed by atoms with Gasteiger partial charge >= 0.3 is 0 Å². The molecule has 0 spiro atoms. The number of piperazine rings is 1. The van der Waals surface area contributed by atoms with E-state index >= 15 is 0 Å². The Morgan fingerprint density at radius 2 is 2.02 bits per heavy atom. The number of hydrogen-bond donors (Lipinski definition) is 2. The van der Waals surface area contributed by atoms with Gasteiger partial charge in [-0.25, -0.2) is 14.7 Å². The Kier molecular flexibility index (Phi) is 8.69. The van der Waals surface area contributed by atoms with Crippen molar-refractivity contribution in [2.24, 2.45) is 4.99 Å². The van der Waals surface area contributed by atoms with Gasteiger partial charge in [0.2, 0.25) is 5.79 Å². The van der Waals surface area contributed by atoms with Crippen LogP contribution in [0.15, 0.2) is 60.2 Å². The second kappa shape index (κ2) is 12.8. The van der Waals surface area contributed by atoms with E-state index < -0.39 is 5.79 Å². The topological polar surface area (TPSA) is 133 Å². The molecule has 234 valence electrons. The highest BCUT2D eigenvalue weighted by Crippen LogP contribution is 2.33. The number of amides is 1. The van der Waals surface area contributed by atoms with Crippen molar-refractivity contribution in [1.82, 2.24) is 29.9 Å². The minimum atomic E-state index is -0.864. The van der Waals surface area contributed by atoms with E-state index in [0.29, 0.717) is 46.3 Å². The fraction of sp³-hybridized carbons (Fsp3) is 0.406. The summed E-state index contributed by atoms with van der Waals surface area (Å²) >= 11 is 1.54. The lowest BCUT2D eigenvalue weighted by molar-refractivity contribution is 0.0523. The molecular formula is C32H37N9O3S. The third-order valence-corrected chi connectivity index (χ3v) is 9.55. The molecule has 0 aliphatic carbocycles. The highest BCUT2D eigenvalue weighted by molar-refractivity contribution is 7.98. The Morgan fingerprint density at radius 3 is 2.69 bits per heavy atom. The van der Waals surface area contributed by atoms with Crippen LogP contribution < -0.4 is 20.1 Å². The highest BCUT2D eigenvalue weighted by atomic mass is 32.2. The molecule has 2 fully saturated rings. The average molecular weight is 628 g/mol. The summed E-state index contributed by atoms with van der Waals surface area (Å²) in [4.78, 5) is 26.5. The lowest BCUT2D eigenvalue weighted by Gasteiger charge is -2.39. The minimum absolute atomic E-state index is 0.0337. The molecule has 4 atom stereocenters. The number of carbonyl (C=O) groups excluding carboxylic acids is 1. The molecule has 1 aromatic heterocycles. The molecule has 2 N–H and O–H groups in total. The number of thioether (sulfide) groups is 1. The summed E-state index contributed by atoms with van der Waals surface area (Å²) in [6, 6.07) is 14.1. The second-order valence-corrected chi connectivity index (χ2v) is 12.9. The first-order valence-corrected chi connectivity index (χ1v) is 16.0. The van der Waals surface area contributed by atoms with Crippen molar-refractivity contribution in [3.63, 3.8) is 0 Å². The monoisotopic (exact) mass is 627 g/mol. The van der Waals surface area contributed by atoms with E-state index in [0.717, 1.165) is 37.1 Å². The van der Waals surface area contributed by atoms with E-state index in [1.807, 2.05) is 49.2 Å². The number of likely N-dealkylation sites (tertiary alicyclic amines) is 1. The van der Waals surface area contributed by atoms with E-state index in [9.17, 15) is 10.1 Å². The molecule has 4 heterocycles. The highest BCUT2D eigenvalue weighted by Gasteiger charge is 2.39. The van der Waals surface area contributed by atoms with Crippen molar-refractivity contribution in [3.05, 3.63) is 71.9 Å². The summed E-state index contributed by atoms with van der Waals surface area (Å²) < 4.78 is 13.5. The van der Waals surface area contributed by atoms with Gasteiger partial charge in [-0.3, -0.25) is 9.69 Å². The van der Waals surface area contributed by atoms with Crippen LogP contribution in [0.25, 0.3) is 5.57 Å². The number of benzene rings is 2. The predicted molar refractivity (Wildman–Crippen MR) is 174 cm³/mol. The number of hydrogen-bond acceptors (Lipinski definition) is 11. The molecule has 45 heavy (non-hydrogen) atoms. The summed E-state index contributed by atoms with van der Waals surface area (Å²) in [5.41, 5.74) is 3.24. The molecule has 3 unspecified atom stereocenters. The molecule has 2 saturated heterocycles. The van der Waals surface area contributed by atoms with Gasteiger partial charge in [0, 0.05) is 48.7 Å². The van der Waals surface area contributed by atoms with Gasteiger partial charge in [0.1, 0.15) is 35.7 Å². The third-order valence-electron chi connectivity index (χ3n) is 8.57. The van der Waals surface area contributed by atoms with Crippen LogP contribution in [-0.4, -0.2) is 87.2 Å². The summed E-state index contributed by atoms with van der Waals surface area (Å²) in [6.45, 7) is 5.36. The van der Waals surface area contributed by atoms with Gasteiger partial charge in [-0.1, -0.05) is 17.8 Å². The molecule has 3 aromatic rings. The number of nitrogens with one attached hydrogen (secondary N) is 2. The maximum absolute atomic E-state index is 13.4. The number of ether oxygens (including phenoxy) is 2. The SMILES string of the molecule is COc1cc(C(=O)N2CC3CCC(C2)N3C)ccc1NC1(C)N=CC(c2ccc(C#N)c(O[C@@H](C)SCn3cncn3)c2)=CN1. The quantitative estimate of drug-likeness (QED) is 0.318. The first-order chi connectivity index (χ1) is 21.7. The molecule has 1 amide bonds. The first kappa shape index (κ1) is 30.5. The standard InChI is InChI=1S/C32H37N9O3S/c1-21(45-20-41-19-34-18-37-41)44-29-11-22(5-6-24(29)13-33)25-14-35-32(2,36-15-25)38-28-10-7-23(12-30(28)43-4)31(42)40-16-26-8-9-27(17-40)39(26)3/h5-7,10-12,14-15,18-19,21,26-27,35,38H,8-9,16-17,20H2,1-4H3/t21-,26?,27?,32?/m1/s1. The number of likely N-dealkylation sites (N-methyl/N-ethyl adjacent to an activating group) is 1. The maximum atomic E-state index is 13.4. The number of methoxy groups -OCH3 is 1. The predicted octanol–water partition coefficient (Wildman–Crippen LogP) is 3.99. The summed E-state index contributed by atoms with van der Waals surface area (Å²) in [5, 5.41) is 20.5. The van der Waals surface area contributed by atoms with Crippen molar-refractivity contribution in [1.29, 1.82) is 5.26 Å². The number of carbonyl (C=O) groups is 1. The van der Waals surface area contributed by atoms with Crippen molar-refractivity contribution >= 4 is 35.1 Å². The lowest BCUT2D eigenvalue weighted by atomic mass is 10.0. The molecule has 12 nitrogen and oxygen atoms in total. The van der Waals surface area contributed by atoms with Crippen LogP contribution in [0.4, 0.5) is 5.69 Å². The van der Waals surface area contributed by atoms with Gasteiger partial charge in [0.05, 0.1) is 24.2 Å². The van der Waals surface area contributed by atoms with Gasteiger partial charge in [-0.05, 0) is 69.6 Å². The number of allylic oxidation sites excluding steroid dienone is 1. The largest absolute Gasteiger partial charge is 0.495 e. The zero-order valence-electron chi connectivity index (χ0n) is 25.8. The lowest BCUT2D eigenvalue weighted by Crippen LogP contribution is -2.53. The average Bonchev–Trinajstić information content (AvgIpc) is 3.63. The number of fused-ring (bicyclic) bond motifs is 2. The van der Waals surface area contributed by atoms with Crippen LogP contribution in [0, 0.1) is 11.3 Å². The smallest absolute Gasteiger partial charge is 0.254 e. The van der Waals surface area contributed by atoms with E-state index in [2.05, 4.69) is 38.7 Å². The Hall–Kier alpha value is -4.54. The zero-order chi connectivity index (χ0) is 31.6. The molecule has 13 heteroatoms. The number of aliphatic imine (C=N–C) groups is 1. The molecule has 0 saturated carbocycles. The molecule has 0 radical (unpaired) electrons. The normalized spacial score (nSPS) is 23.1. The van der Waals surface area contributed by atoms with Gasteiger partial charge in [-0.2, -0.15) is 10.4 Å². The summed E-state index contributed by atoms with van der Waals surface area (Å²) in [6.07, 6.45) is 9.08. The van der Waals surface area contributed by atoms with Gasteiger partial charge < -0.3 is 25.0 Å². The van der Waals surface area contributed by atoms with E-state index in [4.69, 9.17) is 14.5 Å². The molecule has 3 aliphatic rings. The first-order valence-electron chi connectivity index (χ1n) is 14.9. The third kappa shape index (κ3) is 6.62. The van der Waals surface area contributed by atoms with Crippen molar-refractivity contribution in [3.8, 4) is 17.6 Å². The summed E-state index contributed by atoms with van der Waals surface area (Å²) in [7, 11) is 3.76. The fourth-order valence-corrected chi connectivity index (χ4v) is 6.62. The van der Waals surface area contributed by atoms with Crippen molar-refractivity contribution < 1.29 is 14.3 Å². The fourth-order valence-electron chi connectivity index (χ4n) is 5.95. The van der Waals surface area contributed by atoms with Crippen LogP contribution in [-0.2, 0) is 5.88 Å². The number of rotatable bonds is 10. The molecule has 6 rings (SSSR count). The van der Waals surface area contributed by atoms with Gasteiger partial charge in [0.25, 0.3) is 5.91 Å². The van der Waals surface area contributed by atoms with Crippen LogP contribution in [0.1, 0.15) is 48.2 Å². The van der Waals surface area contributed by atoms with Crippen molar-refractivity contribution in [2.75, 3.05) is 32.6 Å². The molecule has 3 aliphatic heterocycles. The minimum Gasteiger partial charge on any atom is -0.495 e. The van der Waals surface area contributed by atoms with Gasteiger partial charge in [0.15, 0.2) is 0 Å². The maximum Gasteiger partial charge on any atom is 0.254 e.